The third kappa shape index (κ3) is 4.30. The molecule has 0 unspecified atom stereocenters. The van der Waals surface area contributed by atoms with Crippen LogP contribution >= 0.6 is 0 Å². The number of esters is 1. The number of benzene rings is 1. The zero-order valence-corrected chi connectivity index (χ0v) is 15.3. The summed E-state index contributed by atoms with van der Waals surface area (Å²) in [6.07, 6.45) is 0. The molecule has 0 saturated carbocycles. The quantitative estimate of drug-likeness (QED) is 0.557. The van der Waals surface area contributed by atoms with Gasteiger partial charge in [0.15, 0.2) is 6.61 Å². The zero-order valence-electron chi connectivity index (χ0n) is 15.3. The highest BCUT2D eigenvalue weighted by atomic mass is 16.5. The number of ether oxygens (including phenoxy) is 1. The Bertz CT molecular complexity index is 754. The van der Waals surface area contributed by atoms with E-state index in [0.29, 0.717) is 6.54 Å². The molecule has 9 nitrogen and oxygen atoms in total. The van der Waals surface area contributed by atoms with Gasteiger partial charge >= 0.3 is 12.0 Å². The first-order chi connectivity index (χ1) is 12.8. The molecule has 1 aromatic carbocycles. The summed E-state index contributed by atoms with van der Waals surface area (Å²) in [7, 11) is 0. The Morgan fingerprint density at radius 2 is 1.63 bits per heavy atom. The van der Waals surface area contributed by atoms with Crippen molar-refractivity contribution in [2.24, 2.45) is 5.92 Å². The molecule has 0 spiro atoms. The van der Waals surface area contributed by atoms with E-state index in [2.05, 4.69) is 5.32 Å². The Labute approximate surface area is 156 Å². The molecule has 1 aromatic rings. The number of rotatable bonds is 6. The van der Waals surface area contributed by atoms with E-state index < -0.39 is 48.3 Å². The Balaban J connectivity index is 2.09. The average Bonchev–Trinajstić information content (AvgIpc) is 2.86. The number of fused-ring (bicyclic) bond motifs is 1. The van der Waals surface area contributed by atoms with Crippen LogP contribution in [0.15, 0.2) is 24.3 Å². The fourth-order valence-electron chi connectivity index (χ4n) is 2.73. The third-order valence-corrected chi connectivity index (χ3v) is 3.91. The molecule has 1 atom stereocenters. The summed E-state index contributed by atoms with van der Waals surface area (Å²) in [6.45, 7) is 4.62. The van der Waals surface area contributed by atoms with E-state index in [9.17, 15) is 24.0 Å². The highest BCUT2D eigenvalue weighted by Crippen LogP contribution is 2.27. The summed E-state index contributed by atoms with van der Waals surface area (Å²) in [5.41, 5.74) is 0.435. The van der Waals surface area contributed by atoms with Crippen LogP contribution < -0.4 is 10.6 Å². The van der Waals surface area contributed by atoms with Gasteiger partial charge in [0.25, 0.3) is 17.7 Å². The highest BCUT2D eigenvalue weighted by molar-refractivity contribution is 6.22. The number of nitrogens with zero attached hydrogens (tertiary/aromatic N) is 1. The minimum atomic E-state index is -1.19. The van der Waals surface area contributed by atoms with Gasteiger partial charge in [-0.15, -0.1) is 0 Å². The van der Waals surface area contributed by atoms with E-state index in [1.807, 2.05) is 5.32 Å². The molecule has 1 aliphatic heterocycles. The van der Waals surface area contributed by atoms with Crippen LogP contribution in [0.25, 0.3) is 0 Å². The van der Waals surface area contributed by atoms with Crippen LogP contribution in [-0.4, -0.2) is 53.8 Å². The van der Waals surface area contributed by atoms with Gasteiger partial charge in [0.05, 0.1) is 11.1 Å². The molecule has 1 heterocycles. The highest BCUT2D eigenvalue weighted by Gasteiger charge is 2.44. The van der Waals surface area contributed by atoms with E-state index in [0.717, 1.165) is 4.90 Å². The molecule has 0 bridgehead atoms. The number of imide groups is 2. The second-order valence-electron chi connectivity index (χ2n) is 6.23. The van der Waals surface area contributed by atoms with Gasteiger partial charge in [0.2, 0.25) is 0 Å². The van der Waals surface area contributed by atoms with Crippen LogP contribution in [0.5, 0.6) is 0 Å². The van der Waals surface area contributed by atoms with Gasteiger partial charge in [0, 0.05) is 6.54 Å². The van der Waals surface area contributed by atoms with Crippen molar-refractivity contribution >= 4 is 29.7 Å². The van der Waals surface area contributed by atoms with Crippen molar-refractivity contribution in [3.63, 3.8) is 0 Å². The van der Waals surface area contributed by atoms with Gasteiger partial charge in [-0.1, -0.05) is 26.0 Å². The summed E-state index contributed by atoms with van der Waals surface area (Å²) < 4.78 is 4.94. The lowest BCUT2D eigenvalue weighted by Gasteiger charge is -2.27. The lowest BCUT2D eigenvalue weighted by molar-refractivity contribution is -0.153. The second-order valence-corrected chi connectivity index (χ2v) is 6.23. The maximum Gasteiger partial charge on any atom is 0.330 e. The van der Waals surface area contributed by atoms with Gasteiger partial charge in [0.1, 0.15) is 6.04 Å². The molecule has 5 amide bonds. The maximum absolute atomic E-state index is 12.6. The van der Waals surface area contributed by atoms with Crippen molar-refractivity contribution in [3.8, 4) is 0 Å². The minimum absolute atomic E-state index is 0.218. The first-order valence-corrected chi connectivity index (χ1v) is 8.49. The average molecular weight is 375 g/mol. The zero-order chi connectivity index (χ0) is 20.1. The van der Waals surface area contributed by atoms with Gasteiger partial charge in [-0.2, -0.15) is 0 Å². The molecule has 0 aliphatic carbocycles. The molecule has 144 valence electrons. The Hall–Kier alpha value is -3.23. The van der Waals surface area contributed by atoms with Crippen molar-refractivity contribution in [1.29, 1.82) is 0 Å². The van der Waals surface area contributed by atoms with E-state index in [-0.39, 0.29) is 11.1 Å². The van der Waals surface area contributed by atoms with Gasteiger partial charge in [-0.05, 0) is 25.0 Å². The van der Waals surface area contributed by atoms with E-state index >= 15 is 0 Å². The topological polar surface area (TPSA) is 122 Å². The molecule has 2 N–H and O–H groups in total. The summed E-state index contributed by atoms with van der Waals surface area (Å²) >= 11 is 0. The Kier molecular flexibility index (Phi) is 6.27. The molecule has 9 heteroatoms. The molecule has 27 heavy (non-hydrogen) atoms. The molecular weight excluding hydrogens is 354 g/mol. The van der Waals surface area contributed by atoms with Crippen LogP contribution in [0.4, 0.5) is 4.79 Å². The number of urea groups is 1. The fourth-order valence-corrected chi connectivity index (χ4v) is 2.73. The number of carbonyl (C=O) groups excluding carboxylic acids is 5. The monoisotopic (exact) mass is 375 g/mol. The fraction of sp³-hybridized carbons (Fsp3) is 0.389. The van der Waals surface area contributed by atoms with Gasteiger partial charge < -0.3 is 10.1 Å². The summed E-state index contributed by atoms with van der Waals surface area (Å²) in [6, 6.07) is 4.38. The van der Waals surface area contributed by atoms with Crippen molar-refractivity contribution in [2.75, 3.05) is 13.2 Å². The predicted octanol–water partition coefficient (Wildman–Crippen LogP) is 0.696. The smallest absolute Gasteiger partial charge is 0.330 e. The summed E-state index contributed by atoms with van der Waals surface area (Å²) in [5.74, 6) is -3.33. The lowest BCUT2D eigenvalue weighted by atomic mass is 10.0. The lowest BCUT2D eigenvalue weighted by Crippen LogP contribution is -2.49. The van der Waals surface area contributed by atoms with Gasteiger partial charge in [-0.3, -0.25) is 24.6 Å². The molecular formula is C18H21N3O6. The van der Waals surface area contributed by atoms with Crippen LogP contribution in [-0.2, 0) is 14.3 Å². The number of amides is 5. The summed E-state index contributed by atoms with van der Waals surface area (Å²) in [5, 5.41) is 4.35. The van der Waals surface area contributed by atoms with Gasteiger partial charge in [-0.25, -0.2) is 9.59 Å². The largest absolute Gasteiger partial charge is 0.454 e. The maximum atomic E-state index is 12.6. The Morgan fingerprint density at radius 3 is 2.11 bits per heavy atom. The summed E-state index contributed by atoms with van der Waals surface area (Å²) in [4.78, 5) is 61.4. The van der Waals surface area contributed by atoms with E-state index in [1.165, 1.54) is 12.1 Å². The normalized spacial score (nSPS) is 14.0. The molecule has 1 aliphatic rings. The first-order valence-electron chi connectivity index (χ1n) is 8.49. The van der Waals surface area contributed by atoms with Crippen molar-refractivity contribution in [3.05, 3.63) is 35.4 Å². The van der Waals surface area contributed by atoms with E-state index in [4.69, 9.17) is 4.74 Å². The molecule has 2 rings (SSSR count). The number of hydrogen-bond acceptors (Lipinski definition) is 6. The Morgan fingerprint density at radius 1 is 1.07 bits per heavy atom. The number of nitrogens with one attached hydrogen (secondary N) is 2. The van der Waals surface area contributed by atoms with Crippen LogP contribution in [0.3, 0.4) is 0 Å². The van der Waals surface area contributed by atoms with Crippen LogP contribution in [0, 0.1) is 5.92 Å². The second kappa shape index (κ2) is 8.43. The molecule has 0 aromatic heterocycles. The van der Waals surface area contributed by atoms with Crippen molar-refractivity contribution in [2.45, 2.75) is 26.8 Å². The van der Waals surface area contributed by atoms with Crippen molar-refractivity contribution < 1.29 is 28.7 Å². The number of carbonyl (C=O) groups is 5. The van der Waals surface area contributed by atoms with E-state index in [1.54, 1.807) is 32.9 Å². The first kappa shape index (κ1) is 20.1. The predicted molar refractivity (Wildman–Crippen MR) is 93.7 cm³/mol. The SMILES string of the molecule is CCNC(=O)NC(=O)COC(=O)[C@H](C(C)C)N1C(=O)c2ccccc2C1=O. The van der Waals surface area contributed by atoms with Crippen LogP contribution in [0.1, 0.15) is 41.5 Å². The molecule has 0 fully saturated rings. The molecule has 0 saturated heterocycles. The minimum Gasteiger partial charge on any atom is -0.454 e. The standard InChI is InChI=1S/C18H21N3O6/c1-4-19-18(26)20-13(22)9-27-17(25)14(10(2)3)21-15(23)11-7-5-6-8-12(11)16(21)24/h5-8,10,14H,4,9H2,1-3H3,(H2,19,20,22,26)/t14-/m0/s1. The van der Waals surface area contributed by atoms with Crippen molar-refractivity contribution in [1.82, 2.24) is 15.5 Å². The van der Waals surface area contributed by atoms with Crippen LogP contribution in [0.2, 0.25) is 0 Å². The number of hydrogen-bond donors (Lipinski definition) is 2. The third-order valence-electron chi connectivity index (χ3n) is 3.91. The molecule has 0 radical (unpaired) electrons.